The van der Waals surface area contributed by atoms with Crippen molar-refractivity contribution in [3.05, 3.63) is 12.4 Å². The molecule has 0 N–H and O–H groups in total. The molecule has 0 radical (unpaired) electrons. The van der Waals surface area contributed by atoms with E-state index in [0.29, 0.717) is 13.2 Å². The number of phosphoric ester groups is 1. The zero-order valence-electron chi connectivity index (χ0n) is 19.3. The maximum Gasteiger partial charge on any atom is 0.478 e. The third-order valence-electron chi connectivity index (χ3n) is 5.03. The zero-order valence-corrected chi connectivity index (χ0v) is 20.2. The van der Waals surface area contributed by atoms with Crippen molar-refractivity contribution < 1.29 is 18.1 Å². The summed E-state index contributed by atoms with van der Waals surface area (Å²) in [5, 5.41) is 0. The summed E-state index contributed by atoms with van der Waals surface area (Å²) in [7, 11) is -1.65. The molecule has 1 atom stereocenters. The molecule has 1 aliphatic heterocycles. The van der Waals surface area contributed by atoms with Gasteiger partial charge < -0.3 is 9.80 Å². The van der Waals surface area contributed by atoms with Crippen LogP contribution in [0.1, 0.15) is 97.8 Å². The van der Waals surface area contributed by atoms with E-state index in [4.69, 9.17) is 13.6 Å². The minimum atomic E-state index is -3.57. The Morgan fingerprint density at radius 2 is 1.28 bits per heavy atom. The molecule has 0 amide bonds. The Kier molecular flexibility index (Phi) is 14.8. The van der Waals surface area contributed by atoms with E-state index in [2.05, 4.69) is 11.8 Å². The third kappa shape index (κ3) is 11.4. The van der Waals surface area contributed by atoms with Crippen LogP contribution in [0.5, 0.6) is 0 Å². The van der Waals surface area contributed by atoms with E-state index in [1.54, 1.807) is 0 Å². The second-order valence-electron chi connectivity index (χ2n) is 7.93. The van der Waals surface area contributed by atoms with Gasteiger partial charge in [-0.05, 0) is 19.3 Å². The molecule has 0 saturated heterocycles. The average molecular weight is 433 g/mol. The van der Waals surface area contributed by atoms with Crippen molar-refractivity contribution in [1.82, 2.24) is 9.80 Å². The quantitative estimate of drug-likeness (QED) is 0.164. The minimum absolute atomic E-state index is 0.364. The highest BCUT2D eigenvalue weighted by Crippen LogP contribution is 2.51. The van der Waals surface area contributed by atoms with E-state index < -0.39 is 14.2 Å². The summed E-state index contributed by atoms with van der Waals surface area (Å²) in [5.74, 6) is 0. The molecular formula is C22H45N2O4P. The molecule has 0 fully saturated rings. The zero-order chi connectivity index (χ0) is 21.4. The van der Waals surface area contributed by atoms with Gasteiger partial charge in [-0.15, -0.1) is 0 Å². The van der Waals surface area contributed by atoms with Crippen LogP contribution in [-0.2, 0) is 18.1 Å². The summed E-state index contributed by atoms with van der Waals surface area (Å²) in [5.41, 5.74) is 0. The molecule has 1 aliphatic rings. The van der Waals surface area contributed by atoms with Gasteiger partial charge in [0.15, 0.2) is 0 Å². The van der Waals surface area contributed by atoms with Crippen LogP contribution < -0.4 is 0 Å². The second kappa shape index (κ2) is 16.2. The third-order valence-corrected chi connectivity index (χ3v) is 6.47. The maximum absolute atomic E-state index is 13.0. The molecule has 0 aromatic carbocycles. The smallest absolute Gasteiger partial charge is 0.337 e. The first-order chi connectivity index (χ1) is 14.1. The predicted molar refractivity (Wildman–Crippen MR) is 120 cm³/mol. The summed E-state index contributed by atoms with van der Waals surface area (Å²) in [6.45, 7) is 7.82. The first-order valence-electron chi connectivity index (χ1n) is 11.8. The molecule has 0 aromatic rings. The lowest BCUT2D eigenvalue weighted by molar-refractivity contribution is -0.0460. The van der Waals surface area contributed by atoms with Crippen molar-refractivity contribution in [3.8, 4) is 0 Å². The van der Waals surface area contributed by atoms with Crippen molar-refractivity contribution in [1.29, 1.82) is 0 Å². The summed E-state index contributed by atoms with van der Waals surface area (Å²) in [6.07, 6.45) is 18.2. The monoisotopic (exact) mass is 432 g/mol. The topological polar surface area (TPSA) is 51.2 Å². The van der Waals surface area contributed by atoms with E-state index in [-0.39, 0.29) is 0 Å². The van der Waals surface area contributed by atoms with E-state index in [9.17, 15) is 4.57 Å². The van der Waals surface area contributed by atoms with Gasteiger partial charge in [0.2, 0.25) is 6.35 Å². The summed E-state index contributed by atoms with van der Waals surface area (Å²) in [6, 6.07) is 0. The van der Waals surface area contributed by atoms with E-state index in [1.165, 1.54) is 57.8 Å². The lowest BCUT2D eigenvalue weighted by Crippen LogP contribution is -2.39. The molecule has 1 unspecified atom stereocenters. The van der Waals surface area contributed by atoms with E-state index in [0.717, 1.165) is 25.8 Å². The van der Waals surface area contributed by atoms with Crippen LogP contribution in [0.15, 0.2) is 12.4 Å². The highest BCUT2D eigenvalue weighted by Gasteiger charge is 2.36. The van der Waals surface area contributed by atoms with Gasteiger partial charge in [0.25, 0.3) is 0 Å². The van der Waals surface area contributed by atoms with E-state index >= 15 is 0 Å². The number of unbranched alkanes of at least 4 members (excludes halogenated alkanes) is 9. The molecule has 0 aromatic heterocycles. The Balaban J connectivity index is 2.32. The van der Waals surface area contributed by atoms with Crippen molar-refractivity contribution in [2.75, 3.05) is 26.8 Å². The molecule has 0 aliphatic carbocycles. The standard InChI is InChI=1S/C22H45N2O4P/c1-5-8-9-10-11-12-13-14-15-16-17-24-19-18-23(4)22(24)28-29(25,26-20-6-2)27-21-7-3/h18-19,22H,5-17,20-21H2,1-4H3. The minimum Gasteiger partial charge on any atom is -0.337 e. The molecule has 0 saturated carbocycles. The lowest BCUT2D eigenvalue weighted by atomic mass is 10.1. The fourth-order valence-electron chi connectivity index (χ4n) is 3.29. The summed E-state index contributed by atoms with van der Waals surface area (Å²) in [4.78, 5) is 4.00. The molecule has 172 valence electrons. The Hall–Kier alpha value is -0.550. The lowest BCUT2D eigenvalue weighted by Gasteiger charge is -2.32. The van der Waals surface area contributed by atoms with Gasteiger partial charge in [-0.2, -0.15) is 0 Å². The molecule has 7 heteroatoms. The largest absolute Gasteiger partial charge is 0.478 e. The highest BCUT2D eigenvalue weighted by molar-refractivity contribution is 7.48. The predicted octanol–water partition coefficient (Wildman–Crippen LogP) is 6.89. The fourth-order valence-corrected chi connectivity index (χ4v) is 4.80. The Morgan fingerprint density at radius 3 is 1.79 bits per heavy atom. The van der Waals surface area contributed by atoms with Crippen LogP contribution in [0.4, 0.5) is 0 Å². The second-order valence-corrected chi connectivity index (χ2v) is 9.55. The number of hydrogen-bond donors (Lipinski definition) is 0. The van der Waals surface area contributed by atoms with Crippen LogP contribution in [0.3, 0.4) is 0 Å². The van der Waals surface area contributed by atoms with Crippen molar-refractivity contribution >= 4 is 7.82 Å². The number of rotatable bonds is 19. The van der Waals surface area contributed by atoms with Crippen LogP contribution in [-0.4, -0.2) is 43.0 Å². The summed E-state index contributed by atoms with van der Waals surface area (Å²) < 4.78 is 29.8. The Bertz CT molecular complexity index is 464. The highest BCUT2D eigenvalue weighted by atomic mass is 31.2. The first kappa shape index (κ1) is 26.5. The van der Waals surface area contributed by atoms with E-state index in [1.807, 2.05) is 38.2 Å². The molecular weight excluding hydrogens is 387 g/mol. The maximum atomic E-state index is 13.0. The van der Waals surface area contributed by atoms with Gasteiger partial charge in [0, 0.05) is 26.0 Å². The SMILES string of the molecule is CCCCCCCCCCCCN1C=CN(C)C1OP(=O)(OCCC)OCCC. The first-order valence-corrected chi connectivity index (χ1v) is 13.3. The van der Waals surface area contributed by atoms with Gasteiger partial charge >= 0.3 is 7.82 Å². The molecule has 1 heterocycles. The summed E-state index contributed by atoms with van der Waals surface area (Å²) >= 11 is 0. The van der Waals surface area contributed by atoms with Gasteiger partial charge in [-0.25, -0.2) is 9.09 Å². The van der Waals surface area contributed by atoms with Crippen LogP contribution in [0.2, 0.25) is 0 Å². The average Bonchev–Trinajstić information content (AvgIpc) is 3.05. The fraction of sp³-hybridized carbons (Fsp3) is 0.909. The van der Waals surface area contributed by atoms with Gasteiger partial charge in [-0.3, -0.25) is 9.05 Å². The van der Waals surface area contributed by atoms with Crippen LogP contribution in [0.25, 0.3) is 0 Å². The molecule has 0 spiro atoms. The van der Waals surface area contributed by atoms with Crippen molar-refractivity contribution in [3.63, 3.8) is 0 Å². The van der Waals surface area contributed by atoms with Gasteiger partial charge in [-0.1, -0.05) is 78.6 Å². The van der Waals surface area contributed by atoms with Crippen LogP contribution in [0, 0.1) is 0 Å². The number of hydrogen-bond acceptors (Lipinski definition) is 6. The molecule has 29 heavy (non-hydrogen) atoms. The van der Waals surface area contributed by atoms with Crippen LogP contribution >= 0.6 is 7.82 Å². The Morgan fingerprint density at radius 1 is 0.759 bits per heavy atom. The molecule has 0 bridgehead atoms. The normalized spacial score (nSPS) is 16.9. The van der Waals surface area contributed by atoms with Gasteiger partial charge in [0.05, 0.1) is 13.2 Å². The van der Waals surface area contributed by atoms with Gasteiger partial charge in [0.1, 0.15) is 0 Å². The number of nitrogens with zero attached hydrogens (tertiary/aromatic N) is 2. The molecule has 1 rings (SSSR count). The Labute approximate surface area is 179 Å². The van der Waals surface area contributed by atoms with Crippen molar-refractivity contribution in [2.45, 2.75) is 104 Å². The number of phosphoric acid groups is 1. The molecule has 6 nitrogen and oxygen atoms in total. The van der Waals surface area contributed by atoms with Crippen molar-refractivity contribution in [2.24, 2.45) is 0 Å².